The molecule has 3 rings (SSSR count). The number of anilines is 2. The number of sulfone groups is 1. The van der Waals surface area contributed by atoms with Crippen molar-refractivity contribution in [1.82, 2.24) is 14.8 Å². The summed E-state index contributed by atoms with van der Waals surface area (Å²) in [6.07, 6.45) is 0. The number of alkyl halides is 2. The number of rotatable bonds is 9. The zero-order chi connectivity index (χ0) is 23.3. The third-order valence-corrected chi connectivity index (χ3v) is 6.94. The molecule has 0 aliphatic carbocycles. The van der Waals surface area contributed by atoms with Crippen LogP contribution in [0.2, 0.25) is 0 Å². The summed E-state index contributed by atoms with van der Waals surface area (Å²) in [6.45, 7) is 7.55. The van der Waals surface area contributed by atoms with Crippen LogP contribution in [0.1, 0.15) is 13.8 Å². The second-order valence-electron chi connectivity index (χ2n) is 7.55. The molecule has 13 heteroatoms. The first-order chi connectivity index (χ1) is 15.2. The van der Waals surface area contributed by atoms with Crippen LogP contribution in [0.25, 0.3) is 0 Å². The average molecular weight is 490 g/mol. The van der Waals surface area contributed by atoms with Crippen LogP contribution in [0, 0.1) is 5.92 Å². The fraction of sp³-hybridized carbons (Fsp3) is 0.526. The molecular formula is C19H25F2N5O4S2. The van der Waals surface area contributed by atoms with Crippen molar-refractivity contribution in [3.05, 3.63) is 24.3 Å². The molecule has 1 N–H and O–H groups in total. The molecule has 1 aliphatic heterocycles. The minimum absolute atomic E-state index is 0.0520. The lowest BCUT2D eigenvalue weighted by Gasteiger charge is -2.28. The summed E-state index contributed by atoms with van der Waals surface area (Å²) in [5.74, 6) is -2.68. The molecule has 0 spiro atoms. The first-order valence-electron chi connectivity index (χ1n) is 9.99. The van der Waals surface area contributed by atoms with Crippen molar-refractivity contribution in [1.29, 1.82) is 0 Å². The number of nitrogens with zero attached hydrogens (tertiary/aromatic N) is 4. The molecule has 0 atom stereocenters. The number of amides is 1. The molecule has 2 heterocycles. The smallest absolute Gasteiger partial charge is 0.341 e. The monoisotopic (exact) mass is 489 g/mol. The summed E-state index contributed by atoms with van der Waals surface area (Å²) < 4.78 is 55.6. The predicted molar refractivity (Wildman–Crippen MR) is 117 cm³/mol. The summed E-state index contributed by atoms with van der Waals surface area (Å²) in [5.41, 5.74) is 0.307. The van der Waals surface area contributed by atoms with E-state index in [9.17, 15) is 22.0 Å². The van der Waals surface area contributed by atoms with Crippen LogP contribution in [-0.4, -0.2) is 66.9 Å². The van der Waals surface area contributed by atoms with Crippen LogP contribution in [0.3, 0.4) is 0 Å². The van der Waals surface area contributed by atoms with Crippen molar-refractivity contribution >= 4 is 39.1 Å². The van der Waals surface area contributed by atoms with Gasteiger partial charge in [0.1, 0.15) is 0 Å². The SMILES string of the molecule is CC(C)Cn1c(SCC(=O)Nc2ccc(S(=O)(=O)C(F)F)cc2)nnc1N1CCOCC1. The Balaban J connectivity index is 1.63. The van der Waals surface area contributed by atoms with Crippen molar-refractivity contribution in [3.63, 3.8) is 0 Å². The molecule has 1 aromatic heterocycles. The van der Waals surface area contributed by atoms with Crippen molar-refractivity contribution in [2.45, 2.75) is 36.2 Å². The number of nitrogens with one attached hydrogen (secondary N) is 1. The molecule has 0 bridgehead atoms. The lowest BCUT2D eigenvalue weighted by atomic mass is 10.2. The number of carbonyl (C=O) groups is 1. The highest BCUT2D eigenvalue weighted by Crippen LogP contribution is 2.25. The predicted octanol–water partition coefficient (Wildman–Crippen LogP) is 2.50. The minimum Gasteiger partial charge on any atom is -0.378 e. The highest BCUT2D eigenvalue weighted by atomic mass is 32.2. The van der Waals surface area contributed by atoms with E-state index in [1.807, 2.05) is 4.57 Å². The maximum atomic E-state index is 12.6. The van der Waals surface area contributed by atoms with Gasteiger partial charge in [-0.3, -0.25) is 9.36 Å². The third-order valence-electron chi connectivity index (χ3n) is 4.57. The maximum Gasteiger partial charge on any atom is 0.341 e. The number of hydrogen-bond acceptors (Lipinski definition) is 8. The Morgan fingerprint density at radius 2 is 1.84 bits per heavy atom. The maximum absolute atomic E-state index is 12.6. The summed E-state index contributed by atoms with van der Waals surface area (Å²) in [7, 11) is -4.67. The molecule has 1 aromatic carbocycles. The van der Waals surface area contributed by atoms with Crippen molar-refractivity contribution in [2.24, 2.45) is 5.92 Å². The highest BCUT2D eigenvalue weighted by Gasteiger charge is 2.26. The Morgan fingerprint density at radius 1 is 1.19 bits per heavy atom. The van der Waals surface area contributed by atoms with Gasteiger partial charge in [-0.2, -0.15) is 8.78 Å². The number of halogens is 2. The topological polar surface area (TPSA) is 106 Å². The second-order valence-corrected chi connectivity index (χ2v) is 10.4. The Labute approximate surface area is 189 Å². The van der Waals surface area contributed by atoms with Crippen molar-refractivity contribution in [3.8, 4) is 0 Å². The number of carbonyl (C=O) groups excluding carboxylic acids is 1. The van der Waals surface area contributed by atoms with E-state index in [0.29, 0.717) is 36.5 Å². The van der Waals surface area contributed by atoms with E-state index in [1.54, 1.807) is 0 Å². The van der Waals surface area contributed by atoms with Gasteiger partial charge in [0.25, 0.3) is 0 Å². The molecule has 9 nitrogen and oxygen atoms in total. The standard InChI is InChI=1S/C19H25F2N5O4S2/c1-13(2)11-26-18(25-7-9-30-10-8-25)23-24-19(26)31-12-16(27)22-14-3-5-15(6-4-14)32(28,29)17(20)21/h3-6,13,17H,7-12H2,1-2H3,(H,22,27). The lowest BCUT2D eigenvalue weighted by molar-refractivity contribution is -0.113. The zero-order valence-corrected chi connectivity index (χ0v) is 19.3. The number of ether oxygens (including phenoxy) is 1. The molecular weight excluding hydrogens is 464 g/mol. The van der Waals surface area contributed by atoms with Crippen molar-refractivity contribution in [2.75, 3.05) is 42.3 Å². The Hall–Kier alpha value is -2.25. The summed E-state index contributed by atoms with van der Waals surface area (Å²) in [4.78, 5) is 14.0. The van der Waals surface area contributed by atoms with Gasteiger partial charge in [0.2, 0.25) is 21.7 Å². The van der Waals surface area contributed by atoms with Crippen LogP contribution in [-0.2, 0) is 25.9 Å². The first kappa shape index (κ1) is 24.4. The van der Waals surface area contributed by atoms with E-state index in [4.69, 9.17) is 4.74 Å². The largest absolute Gasteiger partial charge is 0.378 e. The Morgan fingerprint density at radius 3 is 2.44 bits per heavy atom. The number of aromatic nitrogens is 3. The number of thioether (sulfide) groups is 1. The van der Waals surface area contributed by atoms with Gasteiger partial charge in [0, 0.05) is 25.3 Å². The van der Waals surface area contributed by atoms with E-state index in [0.717, 1.165) is 31.2 Å². The van der Waals surface area contributed by atoms with E-state index < -0.39 is 20.5 Å². The van der Waals surface area contributed by atoms with Gasteiger partial charge in [0.15, 0.2) is 5.16 Å². The fourth-order valence-electron chi connectivity index (χ4n) is 3.07. The van der Waals surface area contributed by atoms with E-state index in [-0.39, 0.29) is 11.7 Å². The number of hydrogen-bond donors (Lipinski definition) is 1. The lowest BCUT2D eigenvalue weighted by Crippen LogP contribution is -2.38. The molecule has 1 aliphatic rings. The van der Waals surface area contributed by atoms with Crippen molar-refractivity contribution < 1.29 is 26.7 Å². The molecule has 0 unspecified atom stereocenters. The second kappa shape index (κ2) is 10.6. The molecule has 2 aromatic rings. The van der Waals surface area contributed by atoms with E-state index in [1.165, 1.54) is 23.9 Å². The van der Waals surface area contributed by atoms with E-state index >= 15 is 0 Å². The summed E-state index contributed by atoms with van der Waals surface area (Å²) >= 11 is 1.24. The van der Waals surface area contributed by atoms with Crippen LogP contribution in [0.4, 0.5) is 20.4 Å². The summed E-state index contributed by atoms with van der Waals surface area (Å²) in [5, 5.41) is 11.8. The number of morpholine rings is 1. The average Bonchev–Trinajstić information content (AvgIpc) is 3.15. The Kier molecular flexibility index (Phi) is 8.06. The molecule has 176 valence electrons. The minimum atomic E-state index is -4.67. The number of benzene rings is 1. The normalized spacial score (nSPS) is 14.9. The van der Waals surface area contributed by atoms with Crippen LogP contribution < -0.4 is 10.2 Å². The van der Waals surface area contributed by atoms with Crippen LogP contribution in [0.5, 0.6) is 0 Å². The van der Waals surface area contributed by atoms with Gasteiger partial charge in [-0.25, -0.2) is 8.42 Å². The summed E-state index contributed by atoms with van der Waals surface area (Å²) in [6, 6.07) is 4.63. The molecule has 32 heavy (non-hydrogen) atoms. The van der Waals surface area contributed by atoms with Gasteiger partial charge in [-0.1, -0.05) is 25.6 Å². The first-order valence-corrected chi connectivity index (χ1v) is 12.5. The molecule has 1 fully saturated rings. The van der Waals surface area contributed by atoms with Gasteiger partial charge >= 0.3 is 5.76 Å². The van der Waals surface area contributed by atoms with Gasteiger partial charge in [-0.05, 0) is 30.2 Å². The fourth-order valence-corrected chi connectivity index (χ4v) is 4.53. The zero-order valence-electron chi connectivity index (χ0n) is 17.7. The van der Waals surface area contributed by atoms with E-state index in [2.05, 4.69) is 34.3 Å². The van der Waals surface area contributed by atoms with Crippen LogP contribution in [0.15, 0.2) is 34.3 Å². The van der Waals surface area contributed by atoms with Crippen LogP contribution >= 0.6 is 11.8 Å². The molecule has 0 saturated carbocycles. The molecule has 1 saturated heterocycles. The molecule has 1 amide bonds. The van der Waals surface area contributed by atoms with Gasteiger partial charge < -0.3 is 15.0 Å². The third kappa shape index (κ3) is 5.95. The van der Waals surface area contributed by atoms with Gasteiger partial charge in [-0.15, -0.1) is 10.2 Å². The quantitative estimate of drug-likeness (QED) is 0.536. The highest BCUT2D eigenvalue weighted by molar-refractivity contribution is 7.99. The molecule has 0 radical (unpaired) electrons. The Bertz CT molecular complexity index is 1020. The van der Waals surface area contributed by atoms with Gasteiger partial charge in [0.05, 0.1) is 23.9 Å².